The zero-order valence-electron chi connectivity index (χ0n) is 14.9. The van der Waals surface area contributed by atoms with Crippen LogP contribution in [0.2, 0.25) is 5.02 Å². The van der Waals surface area contributed by atoms with Crippen LogP contribution >= 0.6 is 24.0 Å². The molecule has 1 amide bonds. The van der Waals surface area contributed by atoms with Crippen molar-refractivity contribution in [2.24, 2.45) is 0 Å². The lowest BCUT2D eigenvalue weighted by Gasteiger charge is -2.35. The number of benzene rings is 2. The molecule has 0 bridgehead atoms. The number of hydrogen-bond acceptors (Lipinski definition) is 2. The third-order valence-corrected chi connectivity index (χ3v) is 5.14. The van der Waals surface area contributed by atoms with E-state index < -0.39 is 0 Å². The molecule has 1 N–H and O–H groups in total. The van der Waals surface area contributed by atoms with Gasteiger partial charge < -0.3 is 5.32 Å². The Morgan fingerprint density at radius 2 is 1.65 bits per heavy atom. The fourth-order valence-corrected chi connectivity index (χ4v) is 3.73. The summed E-state index contributed by atoms with van der Waals surface area (Å²) in [7, 11) is 0. The quantitative estimate of drug-likeness (QED) is 0.775. The van der Waals surface area contributed by atoms with Gasteiger partial charge in [-0.25, -0.2) is 0 Å². The zero-order valence-corrected chi connectivity index (χ0v) is 16.4. The maximum atomic E-state index is 12.4. The van der Waals surface area contributed by atoms with Crippen LogP contribution in [-0.4, -0.2) is 30.4 Å². The van der Waals surface area contributed by atoms with Crippen LogP contribution in [0.15, 0.2) is 54.6 Å². The van der Waals surface area contributed by atoms with Gasteiger partial charge >= 0.3 is 0 Å². The van der Waals surface area contributed by atoms with E-state index >= 15 is 0 Å². The predicted molar refractivity (Wildman–Crippen MR) is 110 cm³/mol. The third-order valence-electron chi connectivity index (χ3n) is 4.80. The number of nitrogens with one attached hydrogen (secondary N) is 1. The smallest absolute Gasteiger partial charge is 0.224 e. The van der Waals surface area contributed by atoms with Gasteiger partial charge in [-0.05, 0) is 43.1 Å². The molecule has 2 aromatic carbocycles. The average molecular weight is 393 g/mol. The van der Waals surface area contributed by atoms with Crippen LogP contribution in [0.3, 0.4) is 0 Å². The van der Waals surface area contributed by atoms with Crippen LogP contribution in [0, 0.1) is 0 Å². The van der Waals surface area contributed by atoms with Crippen LogP contribution in [-0.2, 0) is 11.2 Å². The Morgan fingerprint density at radius 1 is 1.00 bits per heavy atom. The highest BCUT2D eigenvalue weighted by atomic mass is 35.5. The summed E-state index contributed by atoms with van der Waals surface area (Å²) in [5.41, 5.74) is 2.14. The first-order valence-electron chi connectivity index (χ1n) is 9.03. The summed E-state index contributed by atoms with van der Waals surface area (Å²) in [5, 5.41) is 3.89. The van der Waals surface area contributed by atoms with Gasteiger partial charge in [-0.15, -0.1) is 12.4 Å². The van der Waals surface area contributed by atoms with Gasteiger partial charge in [0.1, 0.15) is 0 Å². The molecular weight excluding hydrogens is 367 g/mol. The number of carbonyl (C=O) groups excluding carboxylic acids is 1. The molecular formula is C21H26Cl2N2O. The van der Waals surface area contributed by atoms with Crippen molar-refractivity contribution in [3.63, 3.8) is 0 Å². The second-order valence-electron chi connectivity index (χ2n) is 6.60. The van der Waals surface area contributed by atoms with E-state index in [1.807, 2.05) is 48.5 Å². The monoisotopic (exact) mass is 392 g/mol. The largest absolute Gasteiger partial charge is 0.354 e. The number of hydrogen-bond donors (Lipinski definition) is 1. The van der Waals surface area contributed by atoms with E-state index in [4.69, 9.17) is 11.6 Å². The van der Waals surface area contributed by atoms with Gasteiger partial charge in [-0.1, -0.05) is 66.6 Å². The van der Waals surface area contributed by atoms with Gasteiger partial charge in [0.05, 0.1) is 12.5 Å². The van der Waals surface area contributed by atoms with Crippen LogP contribution < -0.4 is 5.32 Å². The van der Waals surface area contributed by atoms with Crippen molar-refractivity contribution in [1.29, 1.82) is 0 Å². The van der Waals surface area contributed by atoms with Crippen LogP contribution in [0.4, 0.5) is 0 Å². The molecule has 0 aliphatic carbocycles. The summed E-state index contributed by atoms with van der Waals surface area (Å²) in [6, 6.07) is 18.0. The van der Waals surface area contributed by atoms with Crippen molar-refractivity contribution < 1.29 is 4.79 Å². The van der Waals surface area contributed by atoms with E-state index in [9.17, 15) is 4.79 Å². The minimum Gasteiger partial charge on any atom is -0.354 e. The Morgan fingerprint density at radius 3 is 2.35 bits per heavy atom. The second-order valence-corrected chi connectivity index (χ2v) is 7.01. The van der Waals surface area contributed by atoms with Crippen LogP contribution in [0.1, 0.15) is 36.4 Å². The summed E-state index contributed by atoms with van der Waals surface area (Å²) in [4.78, 5) is 14.8. The Hall–Kier alpha value is -1.55. The average Bonchev–Trinajstić information content (AvgIpc) is 2.65. The predicted octanol–water partition coefficient (Wildman–Crippen LogP) is 4.65. The minimum absolute atomic E-state index is 0. The molecule has 1 atom stereocenters. The lowest BCUT2D eigenvalue weighted by atomic mass is 10.0. The normalized spacial score (nSPS) is 15.7. The Bertz CT molecular complexity index is 687. The van der Waals surface area contributed by atoms with E-state index in [-0.39, 0.29) is 24.4 Å². The first-order chi connectivity index (χ1) is 12.2. The molecule has 26 heavy (non-hydrogen) atoms. The molecule has 1 aliphatic heterocycles. The number of piperidine rings is 1. The number of amides is 1. The lowest BCUT2D eigenvalue weighted by Crippen LogP contribution is -2.41. The highest BCUT2D eigenvalue weighted by molar-refractivity contribution is 6.31. The van der Waals surface area contributed by atoms with Gasteiger partial charge in [0.2, 0.25) is 5.91 Å². The standard InChI is InChI=1S/C21H25ClN2O.ClH/c22-19-12-6-5-11-18(19)20(24-13-7-2-8-14-24)16-23-21(25)15-17-9-3-1-4-10-17;/h1,3-6,9-12,20H,2,7-8,13-16H2,(H,23,25);1H. The molecule has 0 radical (unpaired) electrons. The SMILES string of the molecule is Cl.O=C(Cc1ccccc1)NCC(c1ccccc1Cl)N1CCCCC1. The summed E-state index contributed by atoms with van der Waals surface area (Å²) in [6.07, 6.45) is 4.11. The fourth-order valence-electron chi connectivity index (χ4n) is 3.47. The number of nitrogens with zero attached hydrogens (tertiary/aromatic N) is 1. The molecule has 3 rings (SSSR count). The maximum Gasteiger partial charge on any atom is 0.224 e. The van der Waals surface area contributed by atoms with E-state index in [2.05, 4.69) is 16.3 Å². The van der Waals surface area contributed by atoms with Crippen LogP contribution in [0.25, 0.3) is 0 Å². The molecule has 5 heteroatoms. The summed E-state index contributed by atoms with van der Waals surface area (Å²) in [5.74, 6) is 0.0558. The van der Waals surface area contributed by atoms with E-state index in [0.29, 0.717) is 13.0 Å². The zero-order chi connectivity index (χ0) is 17.5. The van der Waals surface area contributed by atoms with Gasteiger partial charge in [-0.2, -0.15) is 0 Å². The molecule has 140 valence electrons. The number of likely N-dealkylation sites (tertiary alicyclic amines) is 1. The van der Waals surface area contributed by atoms with Gasteiger partial charge in [0.15, 0.2) is 0 Å². The highest BCUT2D eigenvalue weighted by Crippen LogP contribution is 2.29. The number of halogens is 2. The highest BCUT2D eigenvalue weighted by Gasteiger charge is 2.24. The number of rotatable bonds is 6. The van der Waals surface area contributed by atoms with Crippen molar-refractivity contribution in [3.8, 4) is 0 Å². The Labute approximate surface area is 167 Å². The molecule has 1 heterocycles. The van der Waals surface area contributed by atoms with E-state index in [1.54, 1.807) is 0 Å². The Balaban J connectivity index is 0.00000243. The molecule has 1 unspecified atom stereocenters. The molecule has 2 aromatic rings. The molecule has 0 spiro atoms. The summed E-state index contributed by atoms with van der Waals surface area (Å²) in [6.45, 7) is 2.71. The minimum atomic E-state index is 0. The maximum absolute atomic E-state index is 12.4. The summed E-state index contributed by atoms with van der Waals surface area (Å²) >= 11 is 6.44. The molecule has 1 saturated heterocycles. The van der Waals surface area contributed by atoms with Crippen molar-refractivity contribution >= 4 is 29.9 Å². The van der Waals surface area contributed by atoms with Gasteiger partial charge in [0, 0.05) is 11.6 Å². The topological polar surface area (TPSA) is 32.3 Å². The molecule has 3 nitrogen and oxygen atoms in total. The van der Waals surface area contributed by atoms with Gasteiger partial charge in [-0.3, -0.25) is 9.69 Å². The fraction of sp³-hybridized carbons (Fsp3) is 0.381. The van der Waals surface area contributed by atoms with Crippen molar-refractivity contribution in [2.45, 2.75) is 31.7 Å². The van der Waals surface area contributed by atoms with Gasteiger partial charge in [0.25, 0.3) is 0 Å². The lowest BCUT2D eigenvalue weighted by molar-refractivity contribution is -0.120. The van der Waals surface area contributed by atoms with E-state index in [0.717, 1.165) is 29.2 Å². The first-order valence-corrected chi connectivity index (χ1v) is 9.41. The van der Waals surface area contributed by atoms with Crippen molar-refractivity contribution in [1.82, 2.24) is 10.2 Å². The second kappa shape index (κ2) is 10.6. The van der Waals surface area contributed by atoms with Crippen LogP contribution in [0.5, 0.6) is 0 Å². The Kier molecular flexibility index (Phi) is 8.43. The third kappa shape index (κ3) is 5.73. The summed E-state index contributed by atoms with van der Waals surface area (Å²) < 4.78 is 0. The van der Waals surface area contributed by atoms with E-state index in [1.165, 1.54) is 19.3 Å². The number of carbonyl (C=O) groups is 1. The molecule has 0 aromatic heterocycles. The first kappa shape index (κ1) is 20.8. The van der Waals surface area contributed by atoms with Crippen molar-refractivity contribution in [3.05, 3.63) is 70.7 Å². The molecule has 1 aliphatic rings. The molecule has 1 fully saturated rings. The molecule has 0 saturated carbocycles. The van der Waals surface area contributed by atoms with Crippen molar-refractivity contribution in [2.75, 3.05) is 19.6 Å².